The monoisotopic (exact) mass is 458 g/mol. The fourth-order valence-corrected chi connectivity index (χ4v) is 4.48. The minimum atomic E-state index is -3.84. The van der Waals surface area contributed by atoms with Crippen molar-refractivity contribution < 1.29 is 23.2 Å². The van der Waals surface area contributed by atoms with Gasteiger partial charge in [0, 0.05) is 24.4 Å². The summed E-state index contributed by atoms with van der Waals surface area (Å²) in [5.41, 5.74) is 4.14. The van der Waals surface area contributed by atoms with Gasteiger partial charge in [0.2, 0.25) is 0 Å². The third kappa shape index (κ3) is 4.26. The number of hydroxylamine groups is 1. The van der Waals surface area contributed by atoms with Crippen molar-refractivity contribution >= 4 is 26.5 Å². The minimum Gasteiger partial charge on any atom is -0.497 e. The number of methoxy groups -OCH3 is 1. The highest BCUT2D eigenvalue weighted by Crippen LogP contribution is 2.29. The molecule has 0 unspecified atom stereocenters. The van der Waals surface area contributed by atoms with Gasteiger partial charge < -0.3 is 9.30 Å². The first-order chi connectivity index (χ1) is 15.0. The zero-order chi connectivity index (χ0) is 23.7. The maximum absolute atomic E-state index is 13.0. The first kappa shape index (κ1) is 23.5. The number of nitrogens with zero attached hydrogens (tertiary/aromatic N) is 1. The molecule has 0 saturated carbocycles. The lowest BCUT2D eigenvalue weighted by molar-refractivity contribution is -0.131. The quantitative estimate of drug-likeness (QED) is 0.416. The molecule has 0 saturated heterocycles. The number of hydrogen-bond acceptors (Lipinski definition) is 6. The summed E-state index contributed by atoms with van der Waals surface area (Å²) in [7, 11) is -2.23. The summed E-state index contributed by atoms with van der Waals surface area (Å²) in [4.78, 5) is 25.0. The number of hydrogen-bond donors (Lipinski definition) is 2. The molecule has 0 bridgehead atoms. The zero-order valence-electron chi connectivity index (χ0n) is 18.4. The number of fused-ring (bicyclic) bond motifs is 1. The van der Waals surface area contributed by atoms with Crippen LogP contribution < -0.4 is 15.8 Å². The van der Waals surface area contributed by atoms with Crippen molar-refractivity contribution in [2.24, 2.45) is 0 Å². The van der Waals surface area contributed by atoms with Crippen molar-refractivity contribution in [1.82, 2.24) is 10.0 Å². The molecule has 0 aliphatic rings. The number of aryl methyl sites for hydroxylation is 2. The van der Waals surface area contributed by atoms with Crippen LogP contribution in [-0.4, -0.2) is 42.2 Å². The summed E-state index contributed by atoms with van der Waals surface area (Å²) in [6.45, 7) is 3.20. The van der Waals surface area contributed by atoms with Crippen LogP contribution in [0.15, 0.2) is 53.5 Å². The van der Waals surface area contributed by atoms with Gasteiger partial charge in [-0.1, -0.05) is 12.1 Å². The molecule has 8 nitrogen and oxygen atoms in total. The SMILES string of the molecule is COc1ccc(-c2ccc3c(=O)n(CC[C@](C)(C(=O)NO)S(C)(=O)=O)ccc3c2)c(C)c1. The van der Waals surface area contributed by atoms with Crippen molar-refractivity contribution in [3.05, 3.63) is 64.6 Å². The van der Waals surface area contributed by atoms with Gasteiger partial charge in [-0.3, -0.25) is 14.8 Å². The molecule has 1 amide bonds. The standard InChI is InChI=1S/C23H26N2O6S/c1-15-13-18(31-3)6-8-19(15)16-5-7-20-17(14-16)9-11-25(21(20)26)12-10-23(2,22(27)24-28)32(4,29)30/h5-9,11,13-14,28H,10,12H2,1-4H3,(H,24,27)/t23-/m1/s1. The van der Waals surface area contributed by atoms with Crippen LogP contribution in [0.1, 0.15) is 18.9 Å². The van der Waals surface area contributed by atoms with Gasteiger partial charge in [0.25, 0.3) is 11.5 Å². The molecule has 2 N–H and O–H groups in total. The Labute approximate surface area is 186 Å². The second-order valence-corrected chi connectivity index (χ2v) is 10.4. The summed E-state index contributed by atoms with van der Waals surface area (Å²) < 4.78 is 29.0. The fraction of sp³-hybridized carbons (Fsp3) is 0.304. The Balaban J connectivity index is 1.95. The van der Waals surface area contributed by atoms with E-state index in [2.05, 4.69) is 0 Å². The molecule has 2 aromatic carbocycles. The largest absolute Gasteiger partial charge is 0.497 e. The molecular formula is C23H26N2O6S. The third-order valence-electron chi connectivity index (χ3n) is 5.95. The summed E-state index contributed by atoms with van der Waals surface area (Å²) in [6.07, 6.45) is 2.33. The summed E-state index contributed by atoms with van der Waals surface area (Å²) in [5.74, 6) is -0.265. The molecule has 32 heavy (non-hydrogen) atoms. The van der Waals surface area contributed by atoms with Crippen LogP contribution in [0.4, 0.5) is 0 Å². The van der Waals surface area contributed by atoms with Crippen LogP contribution in [0.25, 0.3) is 21.9 Å². The van der Waals surface area contributed by atoms with Gasteiger partial charge in [-0.05, 0) is 72.7 Å². The van der Waals surface area contributed by atoms with E-state index in [0.29, 0.717) is 5.39 Å². The molecule has 1 aromatic heterocycles. The number of rotatable bonds is 7. The Hall–Kier alpha value is -3.17. The molecule has 1 heterocycles. The van der Waals surface area contributed by atoms with E-state index in [1.807, 2.05) is 37.3 Å². The average Bonchev–Trinajstić information content (AvgIpc) is 2.76. The lowest BCUT2D eigenvalue weighted by atomic mass is 9.98. The first-order valence-corrected chi connectivity index (χ1v) is 11.8. The number of aromatic nitrogens is 1. The van der Waals surface area contributed by atoms with Crippen molar-refractivity contribution in [3.8, 4) is 16.9 Å². The van der Waals surface area contributed by atoms with Gasteiger partial charge in [-0.25, -0.2) is 13.9 Å². The van der Waals surface area contributed by atoms with Crippen LogP contribution >= 0.6 is 0 Å². The van der Waals surface area contributed by atoms with E-state index in [1.54, 1.807) is 25.4 Å². The molecule has 9 heteroatoms. The fourth-order valence-electron chi connectivity index (χ4n) is 3.64. The van der Waals surface area contributed by atoms with Crippen LogP contribution in [0, 0.1) is 6.92 Å². The first-order valence-electron chi connectivity index (χ1n) is 9.94. The molecular weight excluding hydrogens is 432 g/mol. The smallest absolute Gasteiger partial charge is 0.264 e. The lowest BCUT2D eigenvalue weighted by Gasteiger charge is -2.25. The highest BCUT2D eigenvalue weighted by Gasteiger charge is 2.43. The predicted octanol–water partition coefficient (Wildman–Crippen LogP) is 2.68. The number of ether oxygens (including phenoxy) is 1. The van der Waals surface area contributed by atoms with E-state index in [4.69, 9.17) is 9.94 Å². The number of amides is 1. The molecule has 3 aromatic rings. The molecule has 3 rings (SSSR count). The van der Waals surface area contributed by atoms with Crippen molar-refractivity contribution in [1.29, 1.82) is 0 Å². The highest BCUT2D eigenvalue weighted by molar-refractivity contribution is 7.92. The van der Waals surface area contributed by atoms with E-state index >= 15 is 0 Å². The molecule has 0 aliphatic heterocycles. The van der Waals surface area contributed by atoms with Crippen molar-refractivity contribution in [2.45, 2.75) is 31.6 Å². The minimum absolute atomic E-state index is 0.00883. The summed E-state index contributed by atoms with van der Waals surface area (Å²) in [5, 5.41) is 10.2. The molecule has 0 radical (unpaired) electrons. The van der Waals surface area contributed by atoms with Gasteiger partial charge in [0.15, 0.2) is 14.6 Å². The number of carbonyl (C=O) groups excluding carboxylic acids is 1. The molecule has 0 aliphatic carbocycles. The van der Waals surface area contributed by atoms with Crippen molar-refractivity contribution in [2.75, 3.05) is 13.4 Å². The maximum Gasteiger partial charge on any atom is 0.264 e. The van der Waals surface area contributed by atoms with Gasteiger partial charge >= 0.3 is 0 Å². The topological polar surface area (TPSA) is 115 Å². The van der Waals surface area contributed by atoms with Gasteiger partial charge in [0.1, 0.15) is 5.75 Å². The van der Waals surface area contributed by atoms with E-state index in [9.17, 15) is 18.0 Å². The molecule has 0 spiro atoms. The Morgan fingerprint density at radius 2 is 1.91 bits per heavy atom. The van der Waals surface area contributed by atoms with E-state index < -0.39 is 20.5 Å². The van der Waals surface area contributed by atoms with Crippen LogP contribution in [0.3, 0.4) is 0 Å². The van der Waals surface area contributed by atoms with Gasteiger partial charge in [-0.2, -0.15) is 0 Å². The van der Waals surface area contributed by atoms with E-state index in [-0.39, 0.29) is 18.5 Å². The highest BCUT2D eigenvalue weighted by atomic mass is 32.2. The predicted molar refractivity (Wildman–Crippen MR) is 123 cm³/mol. The summed E-state index contributed by atoms with van der Waals surface area (Å²) in [6, 6.07) is 13.1. The number of carbonyl (C=O) groups is 1. The number of pyridine rings is 1. The second-order valence-electron chi connectivity index (χ2n) is 7.99. The number of sulfone groups is 1. The van der Waals surface area contributed by atoms with Gasteiger partial charge in [-0.15, -0.1) is 0 Å². The number of benzene rings is 2. The zero-order valence-corrected chi connectivity index (χ0v) is 19.2. The maximum atomic E-state index is 13.0. The second kappa shape index (κ2) is 8.76. The Kier molecular flexibility index (Phi) is 6.43. The molecule has 170 valence electrons. The van der Waals surface area contributed by atoms with Crippen molar-refractivity contribution in [3.63, 3.8) is 0 Å². The summed E-state index contributed by atoms with van der Waals surface area (Å²) >= 11 is 0. The normalized spacial score (nSPS) is 13.5. The Bertz CT molecular complexity index is 1350. The third-order valence-corrected chi connectivity index (χ3v) is 7.98. The molecule has 1 atom stereocenters. The van der Waals surface area contributed by atoms with Crippen LogP contribution in [0.2, 0.25) is 0 Å². The Morgan fingerprint density at radius 3 is 2.50 bits per heavy atom. The van der Waals surface area contributed by atoms with E-state index in [0.717, 1.165) is 34.1 Å². The van der Waals surface area contributed by atoms with Crippen LogP contribution in [-0.2, 0) is 21.2 Å². The lowest BCUT2D eigenvalue weighted by Crippen LogP contribution is -2.49. The van der Waals surface area contributed by atoms with E-state index in [1.165, 1.54) is 17.0 Å². The number of nitrogens with one attached hydrogen (secondary N) is 1. The average molecular weight is 459 g/mol. The van der Waals surface area contributed by atoms with Crippen LogP contribution in [0.5, 0.6) is 5.75 Å². The van der Waals surface area contributed by atoms with Gasteiger partial charge in [0.05, 0.1) is 7.11 Å². The Morgan fingerprint density at radius 1 is 1.19 bits per heavy atom. The molecule has 0 fully saturated rings.